The van der Waals surface area contributed by atoms with Crippen LogP contribution in [0.4, 0.5) is 8.78 Å². The van der Waals surface area contributed by atoms with Crippen molar-refractivity contribution in [1.82, 2.24) is 9.80 Å². The molecule has 2 aliphatic heterocycles. The van der Waals surface area contributed by atoms with E-state index in [4.69, 9.17) is 5.73 Å². The number of amides is 2. The molecule has 28 heavy (non-hydrogen) atoms. The van der Waals surface area contributed by atoms with Crippen LogP contribution in [0.25, 0.3) is 0 Å². The molecule has 2 fully saturated rings. The maximum atomic E-state index is 13.4. The van der Waals surface area contributed by atoms with Crippen molar-refractivity contribution in [2.45, 2.75) is 58.0 Å². The first-order valence-electron chi connectivity index (χ1n) is 10.1. The van der Waals surface area contributed by atoms with E-state index in [9.17, 15) is 18.4 Å². The van der Waals surface area contributed by atoms with Gasteiger partial charge in [-0.15, -0.1) is 0 Å². The van der Waals surface area contributed by atoms with E-state index >= 15 is 0 Å². The molecule has 1 aromatic rings. The van der Waals surface area contributed by atoms with Gasteiger partial charge in [0.25, 0.3) is 0 Å². The Morgan fingerprint density at radius 3 is 2.46 bits per heavy atom. The number of nitrogens with zero attached hydrogens (tertiary/aromatic N) is 2. The van der Waals surface area contributed by atoms with Gasteiger partial charge >= 0.3 is 0 Å². The Kier molecular flexibility index (Phi) is 6.33. The first-order valence-corrected chi connectivity index (χ1v) is 10.1. The van der Waals surface area contributed by atoms with E-state index in [2.05, 4.69) is 6.92 Å². The molecule has 0 bridgehead atoms. The minimum Gasteiger partial charge on any atom is -0.341 e. The lowest BCUT2D eigenvalue weighted by molar-refractivity contribution is -0.135. The number of benzene rings is 1. The van der Waals surface area contributed by atoms with Crippen LogP contribution in [0.15, 0.2) is 18.2 Å². The molecular formula is C21H29F2N3O2. The van der Waals surface area contributed by atoms with Crippen LogP contribution in [0.1, 0.15) is 51.0 Å². The van der Waals surface area contributed by atoms with Gasteiger partial charge in [0, 0.05) is 44.1 Å². The summed E-state index contributed by atoms with van der Waals surface area (Å²) in [5.74, 6) is -1.27. The molecule has 154 valence electrons. The Morgan fingerprint density at radius 1 is 1.21 bits per heavy atom. The van der Waals surface area contributed by atoms with Crippen molar-refractivity contribution < 1.29 is 18.4 Å². The molecule has 7 heteroatoms. The van der Waals surface area contributed by atoms with Gasteiger partial charge in [0.05, 0.1) is 6.04 Å². The summed E-state index contributed by atoms with van der Waals surface area (Å²) in [6.45, 7) is 4.05. The maximum absolute atomic E-state index is 13.4. The van der Waals surface area contributed by atoms with Gasteiger partial charge in [-0.05, 0) is 37.0 Å². The van der Waals surface area contributed by atoms with Crippen LogP contribution in [0.5, 0.6) is 0 Å². The van der Waals surface area contributed by atoms with Crippen molar-refractivity contribution in [2.75, 3.05) is 19.6 Å². The van der Waals surface area contributed by atoms with Crippen molar-refractivity contribution in [3.63, 3.8) is 0 Å². The predicted octanol–water partition coefficient (Wildman–Crippen LogP) is 2.82. The number of carbonyl (C=O) groups excluding carboxylic acids is 2. The normalized spacial score (nSPS) is 20.1. The number of rotatable bonds is 6. The Bertz CT molecular complexity index is 712. The van der Waals surface area contributed by atoms with Crippen LogP contribution in [0.2, 0.25) is 0 Å². The molecule has 1 atom stereocenters. The monoisotopic (exact) mass is 393 g/mol. The molecule has 2 saturated heterocycles. The number of nitrogens with two attached hydrogens (primary N) is 1. The van der Waals surface area contributed by atoms with E-state index in [1.165, 1.54) is 12.1 Å². The van der Waals surface area contributed by atoms with Gasteiger partial charge in [-0.1, -0.05) is 19.8 Å². The zero-order valence-corrected chi connectivity index (χ0v) is 16.4. The third-order valence-electron chi connectivity index (χ3n) is 6.02. The summed E-state index contributed by atoms with van der Waals surface area (Å²) in [6.07, 6.45) is 4.58. The van der Waals surface area contributed by atoms with E-state index in [1.54, 1.807) is 4.90 Å². The molecule has 1 spiro atoms. The number of hydrogen-bond acceptors (Lipinski definition) is 3. The zero-order chi connectivity index (χ0) is 20.3. The van der Waals surface area contributed by atoms with Crippen LogP contribution < -0.4 is 5.73 Å². The first kappa shape index (κ1) is 20.7. The molecule has 1 aromatic carbocycles. The third-order valence-corrected chi connectivity index (χ3v) is 6.02. The molecule has 2 N–H and O–H groups in total. The fraction of sp³-hybridized carbons (Fsp3) is 0.619. The number of unbranched alkanes of at least 4 members (excludes halogenated alkanes) is 1. The minimum absolute atomic E-state index is 0.000263. The Morgan fingerprint density at radius 2 is 1.86 bits per heavy atom. The van der Waals surface area contributed by atoms with Gasteiger partial charge < -0.3 is 15.5 Å². The van der Waals surface area contributed by atoms with Crippen LogP contribution >= 0.6 is 0 Å². The van der Waals surface area contributed by atoms with Crippen LogP contribution in [-0.4, -0.2) is 47.3 Å². The summed E-state index contributed by atoms with van der Waals surface area (Å²) in [5, 5.41) is 0. The lowest BCUT2D eigenvalue weighted by Crippen LogP contribution is -2.49. The predicted molar refractivity (Wildman–Crippen MR) is 102 cm³/mol. The molecule has 3 rings (SSSR count). The Balaban J connectivity index is 1.57. The topological polar surface area (TPSA) is 66.6 Å². The average molecular weight is 393 g/mol. The van der Waals surface area contributed by atoms with Gasteiger partial charge in [0.15, 0.2) is 0 Å². The molecule has 0 unspecified atom stereocenters. The highest BCUT2D eigenvalue weighted by atomic mass is 19.1. The molecule has 0 radical (unpaired) electrons. The van der Waals surface area contributed by atoms with E-state index in [0.29, 0.717) is 38.0 Å². The molecule has 5 nitrogen and oxygen atoms in total. The van der Waals surface area contributed by atoms with Crippen molar-refractivity contribution in [1.29, 1.82) is 0 Å². The highest BCUT2D eigenvalue weighted by Gasteiger charge is 2.45. The summed E-state index contributed by atoms with van der Waals surface area (Å²) >= 11 is 0. The van der Waals surface area contributed by atoms with Crippen molar-refractivity contribution >= 4 is 11.8 Å². The molecule has 2 amide bonds. The van der Waals surface area contributed by atoms with Gasteiger partial charge in [-0.2, -0.15) is 0 Å². The highest BCUT2D eigenvalue weighted by molar-refractivity contribution is 5.82. The zero-order valence-electron chi connectivity index (χ0n) is 16.4. The van der Waals surface area contributed by atoms with Crippen molar-refractivity contribution in [2.24, 2.45) is 11.1 Å². The second kappa shape index (κ2) is 8.55. The number of hydrogen-bond donors (Lipinski definition) is 1. The first-order chi connectivity index (χ1) is 13.3. The van der Waals surface area contributed by atoms with Crippen LogP contribution in [-0.2, 0) is 16.1 Å². The molecule has 0 aliphatic carbocycles. The summed E-state index contributed by atoms with van der Waals surface area (Å²) < 4.78 is 26.8. The van der Waals surface area contributed by atoms with Gasteiger partial charge in [-0.25, -0.2) is 8.78 Å². The number of halogens is 2. The Labute approximate surface area is 164 Å². The standard InChI is InChI=1S/C21H29F2N3O2/c1-2-3-4-18(24)20(28)25-7-5-21(6-8-25)12-19(27)26(14-21)13-15-9-16(22)11-17(23)10-15/h9-11,18H,2-8,12-14,24H2,1H3/t18-/m0/s1. The largest absolute Gasteiger partial charge is 0.341 e. The summed E-state index contributed by atoms with van der Waals surface area (Å²) in [5.41, 5.74) is 6.32. The highest BCUT2D eigenvalue weighted by Crippen LogP contribution is 2.41. The van der Waals surface area contributed by atoms with E-state index in [-0.39, 0.29) is 23.8 Å². The van der Waals surface area contributed by atoms with Crippen molar-refractivity contribution in [3.8, 4) is 0 Å². The molecule has 0 saturated carbocycles. The smallest absolute Gasteiger partial charge is 0.239 e. The summed E-state index contributed by atoms with van der Waals surface area (Å²) in [7, 11) is 0. The lowest BCUT2D eigenvalue weighted by Gasteiger charge is -2.39. The molecule has 2 aliphatic rings. The fourth-order valence-corrected chi connectivity index (χ4v) is 4.37. The lowest BCUT2D eigenvalue weighted by atomic mass is 9.77. The Hall–Kier alpha value is -2.02. The second-order valence-corrected chi connectivity index (χ2v) is 8.28. The molecule has 2 heterocycles. The number of piperidine rings is 1. The summed E-state index contributed by atoms with van der Waals surface area (Å²) in [6, 6.07) is 2.91. The van der Waals surface area contributed by atoms with E-state index in [1.807, 2.05) is 4.90 Å². The van der Waals surface area contributed by atoms with Gasteiger partial charge in [0.2, 0.25) is 11.8 Å². The van der Waals surface area contributed by atoms with Gasteiger partial charge in [0.1, 0.15) is 11.6 Å². The van der Waals surface area contributed by atoms with E-state index < -0.39 is 17.7 Å². The minimum atomic E-state index is -0.636. The van der Waals surface area contributed by atoms with E-state index in [0.717, 1.165) is 31.7 Å². The third kappa shape index (κ3) is 4.69. The maximum Gasteiger partial charge on any atom is 0.239 e. The molecule has 0 aromatic heterocycles. The fourth-order valence-electron chi connectivity index (χ4n) is 4.37. The SMILES string of the molecule is CCCC[C@H](N)C(=O)N1CCC2(CC1)CC(=O)N(Cc1cc(F)cc(F)c1)C2. The average Bonchev–Trinajstić information content (AvgIpc) is 2.93. The van der Waals surface area contributed by atoms with Crippen LogP contribution in [0.3, 0.4) is 0 Å². The number of likely N-dealkylation sites (tertiary alicyclic amines) is 2. The summed E-state index contributed by atoms with van der Waals surface area (Å²) in [4.78, 5) is 28.5. The quantitative estimate of drug-likeness (QED) is 0.808. The van der Waals surface area contributed by atoms with Crippen LogP contribution in [0, 0.1) is 17.0 Å². The van der Waals surface area contributed by atoms with Gasteiger partial charge in [-0.3, -0.25) is 9.59 Å². The number of carbonyl (C=O) groups is 2. The second-order valence-electron chi connectivity index (χ2n) is 8.28. The molecular weight excluding hydrogens is 364 g/mol. The van der Waals surface area contributed by atoms with Crippen molar-refractivity contribution in [3.05, 3.63) is 35.4 Å².